The summed E-state index contributed by atoms with van der Waals surface area (Å²) in [6.45, 7) is 2.29. The van der Waals surface area contributed by atoms with Crippen molar-refractivity contribution in [3.8, 4) is 0 Å². The van der Waals surface area contributed by atoms with E-state index in [-0.39, 0.29) is 5.92 Å². The van der Waals surface area contributed by atoms with E-state index in [4.69, 9.17) is 4.74 Å². The van der Waals surface area contributed by atoms with Crippen LogP contribution in [-0.2, 0) is 11.2 Å². The monoisotopic (exact) mass is 380 g/mol. The Bertz CT molecular complexity index is 641. The lowest BCUT2D eigenvalue weighted by Crippen LogP contribution is -2.38. The first kappa shape index (κ1) is 19.3. The van der Waals surface area contributed by atoms with Crippen molar-refractivity contribution < 1.29 is 17.9 Å². The van der Waals surface area contributed by atoms with E-state index in [1.807, 2.05) is 24.3 Å². The summed E-state index contributed by atoms with van der Waals surface area (Å²) < 4.78 is 44.4. The first-order valence-electron chi connectivity index (χ1n) is 10.8. The molecule has 1 nitrogen and oxygen atoms in total. The van der Waals surface area contributed by atoms with E-state index in [0.29, 0.717) is 5.92 Å². The summed E-state index contributed by atoms with van der Waals surface area (Å²) in [4.78, 5) is 0. The first-order chi connectivity index (χ1) is 12.9. The van der Waals surface area contributed by atoms with E-state index in [2.05, 4.69) is 6.92 Å². The minimum Gasteiger partial charge on any atom is -0.283 e. The van der Waals surface area contributed by atoms with Crippen LogP contribution in [0.5, 0.6) is 0 Å². The van der Waals surface area contributed by atoms with Crippen LogP contribution in [0.1, 0.15) is 75.5 Å². The van der Waals surface area contributed by atoms with Crippen LogP contribution in [-0.4, -0.2) is 6.36 Å². The van der Waals surface area contributed by atoms with E-state index >= 15 is 0 Å². The van der Waals surface area contributed by atoms with Gasteiger partial charge >= 0.3 is 6.36 Å². The molecule has 0 aromatic heterocycles. The molecule has 6 unspecified atom stereocenters. The van der Waals surface area contributed by atoms with Crippen molar-refractivity contribution in [1.82, 2.24) is 0 Å². The molecule has 4 rings (SSSR count). The van der Waals surface area contributed by atoms with E-state index in [1.54, 1.807) is 0 Å². The number of halogens is 3. The van der Waals surface area contributed by atoms with E-state index in [1.165, 1.54) is 32.1 Å². The van der Waals surface area contributed by atoms with Crippen molar-refractivity contribution in [1.29, 1.82) is 0 Å². The van der Waals surface area contributed by atoms with Crippen molar-refractivity contribution in [2.75, 3.05) is 0 Å². The second-order valence-electron chi connectivity index (χ2n) is 9.07. The number of fused-ring (bicyclic) bond motifs is 2. The molecule has 0 radical (unpaired) electrons. The lowest BCUT2D eigenvalue weighted by molar-refractivity contribution is -0.354. The predicted molar refractivity (Wildman–Crippen MR) is 100 cm³/mol. The average molecular weight is 380 g/mol. The first-order valence-corrected chi connectivity index (χ1v) is 10.8. The maximum absolute atomic E-state index is 13.2. The van der Waals surface area contributed by atoms with Crippen molar-refractivity contribution in [3.05, 3.63) is 35.4 Å². The van der Waals surface area contributed by atoms with Gasteiger partial charge < -0.3 is 0 Å². The van der Waals surface area contributed by atoms with Crippen LogP contribution >= 0.6 is 0 Å². The number of alkyl halides is 3. The normalized spacial score (nSPS) is 36.7. The highest BCUT2D eigenvalue weighted by molar-refractivity contribution is 5.32. The Morgan fingerprint density at radius 2 is 1.63 bits per heavy atom. The van der Waals surface area contributed by atoms with Crippen LogP contribution in [0, 0.1) is 29.6 Å². The van der Waals surface area contributed by atoms with Crippen LogP contribution < -0.4 is 0 Å². The van der Waals surface area contributed by atoms with Gasteiger partial charge in [0.1, 0.15) is 0 Å². The quantitative estimate of drug-likeness (QED) is 0.545. The molecule has 6 atom stereocenters. The second-order valence-corrected chi connectivity index (χ2v) is 9.07. The number of rotatable bonds is 3. The molecule has 0 aliphatic heterocycles. The van der Waals surface area contributed by atoms with Crippen LogP contribution in [0.2, 0.25) is 0 Å². The Kier molecular flexibility index (Phi) is 5.55. The van der Waals surface area contributed by atoms with E-state index < -0.39 is 12.5 Å². The highest BCUT2D eigenvalue weighted by Crippen LogP contribution is 2.52. The Labute approximate surface area is 160 Å². The molecule has 2 saturated carbocycles. The topological polar surface area (TPSA) is 9.23 Å². The third-order valence-electron chi connectivity index (χ3n) is 7.70. The third kappa shape index (κ3) is 4.21. The Morgan fingerprint density at radius 3 is 2.41 bits per heavy atom. The van der Waals surface area contributed by atoms with Gasteiger partial charge in [-0.3, -0.25) is 4.74 Å². The molecule has 0 saturated heterocycles. The average Bonchev–Trinajstić information content (AvgIpc) is 2.66. The summed E-state index contributed by atoms with van der Waals surface area (Å²) in [6.07, 6.45) is 4.84. The lowest BCUT2D eigenvalue weighted by atomic mass is 9.60. The zero-order valence-corrected chi connectivity index (χ0v) is 16.2. The van der Waals surface area contributed by atoms with Crippen LogP contribution in [0.15, 0.2) is 24.3 Å². The predicted octanol–water partition coefficient (Wildman–Crippen LogP) is 7.07. The summed E-state index contributed by atoms with van der Waals surface area (Å²) in [6, 6.07) is 7.56. The number of ether oxygens (including phenoxy) is 1. The molecule has 0 spiro atoms. The molecule has 1 aromatic rings. The van der Waals surface area contributed by atoms with Crippen LogP contribution in [0.4, 0.5) is 13.2 Å². The van der Waals surface area contributed by atoms with Gasteiger partial charge in [0.25, 0.3) is 0 Å². The fourth-order valence-electron chi connectivity index (χ4n) is 6.30. The molecule has 4 heteroatoms. The molecule has 0 bridgehead atoms. The van der Waals surface area contributed by atoms with Gasteiger partial charge in [-0.1, -0.05) is 44.0 Å². The number of hydrogen-bond donors (Lipinski definition) is 0. The van der Waals surface area contributed by atoms with Crippen LogP contribution in [0.3, 0.4) is 0 Å². The molecule has 27 heavy (non-hydrogen) atoms. The third-order valence-corrected chi connectivity index (χ3v) is 7.70. The number of benzene rings is 1. The molecule has 0 amide bonds. The highest BCUT2D eigenvalue weighted by atomic mass is 19.4. The summed E-state index contributed by atoms with van der Waals surface area (Å²) in [7, 11) is 0. The molecule has 3 aliphatic rings. The van der Waals surface area contributed by atoms with Gasteiger partial charge in [-0.2, -0.15) is 0 Å². The molecular weight excluding hydrogens is 349 g/mol. The lowest BCUT2D eigenvalue weighted by Gasteiger charge is -2.46. The second kappa shape index (κ2) is 7.77. The number of aryl methyl sites for hydroxylation is 1. The minimum absolute atomic E-state index is 0.00799. The molecule has 0 heterocycles. The molecule has 1 aromatic carbocycles. The standard InChI is InChI=1S/C23H31F3O/c1-2-15-7-8-18-14-19(10-9-17(18)13-15)21-12-11-16-5-3-4-6-20(16)22(21)27-23(24,25)26/h3-6,15,17-19,21-22H,2,7-14H2,1H3. The number of hydrogen-bond acceptors (Lipinski definition) is 1. The van der Waals surface area contributed by atoms with E-state index in [9.17, 15) is 13.2 Å². The van der Waals surface area contributed by atoms with Crippen molar-refractivity contribution in [3.63, 3.8) is 0 Å². The zero-order chi connectivity index (χ0) is 19.0. The van der Waals surface area contributed by atoms with Gasteiger partial charge in [0, 0.05) is 0 Å². The van der Waals surface area contributed by atoms with E-state index in [0.717, 1.165) is 54.6 Å². The van der Waals surface area contributed by atoms with Gasteiger partial charge in [-0.15, -0.1) is 13.2 Å². The maximum atomic E-state index is 13.2. The highest BCUT2D eigenvalue weighted by Gasteiger charge is 2.45. The van der Waals surface area contributed by atoms with Crippen molar-refractivity contribution >= 4 is 0 Å². The van der Waals surface area contributed by atoms with Gasteiger partial charge in [0.05, 0.1) is 6.10 Å². The maximum Gasteiger partial charge on any atom is 0.523 e. The van der Waals surface area contributed by atoms with Crippen molar-refractivity contribution in [2.24, 2.45) is 29.6 Å². The minimum atomic E-state index is -4.58. The Morgan fingerprint density at radius 1 is 0.926 bits per heavy atom. The molecular formula is C23H31F3O. The SMILES string of the molecule is CCC1CCC2CC(C3CCc4ccccc4C3OC(F)(F)F)CCC2C1. The van der Waals surface area contributed by atoms with Crippen molar-refractivity contribution in [2.45, 2.75) is 77.2 Å². The van der Waals surface area contributed by atoms with Gasteiger partial charge in [-0.25, -0.2) is 0 Å². The molecule has 0 N–H and O–H groups in total. The summed E-state index contributed by atoms with van der Waals surface area (Å²) in [5.74, 6) is 2.75. The zero-order valence-electron chi connectivity index (χ0n) is 16.2. The molecule has 3 aliphatic carbocycles. The Balaban J connectivity index is 1.52. The fourth-order valence-corrected chi connectivity index (χ4v) is 6.30. The Hall–Kier alpha value is -1.03. The van der Waals surface area contributed by atoms with Gasteiger partial charge in [0.2, 0.25) is 0 Å². The smallest absolute Gasteiger partial charge is 0.283 e. The van der Waals surface area contributed by atoms with Gasteiger partial charge in [-0.05, 0) is 85.7 Å². The van der Waals surface area contributed by atoms with Crippen LogP contribution in [0.25, 0.3) is 0 Å². The largest absolute Gasteiger partial charge is 0.523 e. The summed E-state index contributed by atoms with van der Waals surface area (Å²) in [5.41, 5.74) is 1.79. The van der Waals surface area contributed by atoms with Gasteiger partial charge in [0.15, 0.2) is 0 Å². The fraction of sp³-hybridized carbons (Fsp3) is 0.739. The molecule has 2 fully saturated rings. The summed E-state index contributed by atoms with van der Waals surface area (Å²) >= 11 is 0. The summed E-state index contributed by atoms with van der Waals surface area (Å²) in [5, 5.41) is 0. The molecule has 150 valence electrons.